The molecule has 6 heteroatoms. The van der Waals surface area contributed by atoms with Crippen LogP contribution in [-0.2, 0) is 13.1 Å². The van der Waals surface area contributed by atoms with Crippen LogP contribution in [0.3, 0.4) is 0 Å². The molecule has 0 saturated carbocycles. The Morgan fingerprint density at radius 1 is 1.14 bits per heavy atom. The Hall–Kier alpha value is -2.70. The lowest BCUT2D eigenvalue weighted by molar-refractivity contribution is 0.182. The number of nitrogens with one attached hydrogen (secondary N) is 1. The zero-order chi connectivity index (χ0) is 19.2. The highest BCUT2D eigenvalue weighted by atomic mass is 16.5. The molecule has 28 heavy (non-hydrogen) atoms. The predicted octanol–water partition coefficient (Wildman–Crippen LogP) is 3.03. The van der Waals surface area contributed by atoms with Crippen LogP contribution in [-0.4, -0.2) is 45.7 Å². The molecule has 3 aromatic rings. The largest absolute Gasteiger partial charge is 0.497 e. The van der Waals surface area contributed by atoms with E-state index < -0.39 is 0 Å². The summed E-state index contributed by atoms with van der Waals surface area (Å²) in [6, 6.07) is 14.9. The lowest BCUT2D eigenvalue weighted by atomic mass is 10.0. The van der Waals surface area contributed by atoms with Gasteiger partial charge in [-0.25, -0.2) is 9.97 Å². The number of hydrogen-bond donors (Lipinski definition) is 1. The minimum atomic E-state index is 0.486. The summed E-state index contributed by atoms with van der Waals surface area (Å²) in [7, 11) is 1.72. The second kappa shape index (κ2) is 8.99. The van der Waals surface area contributed by atoms with Crippen LogP contribution in [0.25, 0.3) is 5.95 Å². The molecule has 0 aliphatic carbocycles. The molecule has 1 unspecified atom stereocenters. The van der Waals surface area contributed by atoms with E-state index in [1.54, 1.807) is 19.5 Å². The van der Waals surface area contributed by atoms with Crippen LogP contribution in [0.15, 0.2) is 61.1 Å². The third kappa shape index (κ3) is 4.58. The SMILES string of the molecule is COc1cccc(CN2CCCC(NCc3cccn3-c3ncccn3)C2)c1. The maximum absolute atomic E-state index is 5.35. The van der Waals surface area contributed by atoms with E-state index in [-0.39, 0.29) is 0 Å². The Labute approximate surface area is 166 Å². The third-order valence-corrected chi connectivity index (χ3v) is 5.22. The fourth-order valence-corrected chi connectivity index (χ4v) is 3.81. The van der Waals surface area contributed by atoms with Crippen molar-refractivity contribution in [2.75, 3.05) is 20.2 Å². The average molecular weight is 377 g/mol. The summed E-state index contributed by atoms with van der Waals surface area (Å²) in [6.45, 7) is 3.97. The second-order valence-electron chi connectivity index (χ2n) is 7.23. The molecule has 1 saturated heterocycles. The molecule has 146 valence electrons. The van der Waals surface area contributed by atoms with Gasteiger partial charge in [-0.1, -0.05) is 12.1 Å². The number of ether oxygens (including phenoxy) is 1. The Morgan fingerprint density at radius 3 is 2.89 bits per heavy atom. The van der Waals surface area contributed by atoms with Crippen molar-refractivity contribution in [1.82, 2.24) is 24.8 Å². The quantitative estimate of drug-likeness (QED) is 0.686. The second-order valence-corrected chi connectivity index (χ2v) is 7.23. The number of nitrogens with zero attached hydrogens (tertiary/aromatic N) is 4. The van der Waals surface area contributed by atoms with Gasteiger partial charge in [-0.05, 0) is 55.3 Å². The zero-order valence-corrected chi connectivity index (χ0v) is 16.3. The molecular weight excluding hydrogens is 350 g/mol. The van der Waals surface area contributed by atoms with Crippen molar-refractivity contribution in [1.29, 1.82) is 0 Å². The normalized spacial score (nSPS) is 17.5. The Balaban J connectivity index is 1.34. The smallest absolute Gasteiger partial charge is 0.233 e. The Bertz CT molecular complexity index is 879. The van der Waals surface area contributed by atoms with Gasteiger partial charge in [0, 0.05) is 50.0 Å². The zero-order valence-electron chi connectivity index (χ0n) is 16.3. The van der Waals surface area contributed by atoms with Gasteiger partial charge in [-0.3, -0.25) is 9.47 Å². The molecular formula is C22H27N5O. The topological polar surface area (TPSA) is 55.2 Å². The standard InChI is InChI=1S/C22H27N5O/c1-28-21-9-2-6-18(14-21)16-26-12-3-7-19(17-26)25-15-20-8-4-13-27(20)22-23-10-5-11-24-22/h2,4-6,8-11,13-14,19,25H,3,7,12,15-17H2,1H3. The van der Waals surface area contributed by atoms with E-state index in [1.807, 2.05) is 29.0 Å². The molecule has 0 amide bonds. The molecule has 0 spiro atoms. The Morgan fingerprint density at radius 2 is 2.04 bits per heavy atom. The van der Waals surface area contributed by atoms with Crippen LogP contribution in [0.1, 0.15) is 24.1 Å². The van der Waals surface area contributed by atoms with Gasteiger partial charge in [0.15, 0.2) is 0 Å². The molecule has 0 radical (unpaired) electrons. The summed E-state index contributed by atoms with van der Waals surface area (Å²) in [5.41, 5.74) is 2.48. The predicted molar refractivity (Wildman–Crippen MR) is 109 cm³/mol. The first-order chi connectivity index (χ1) is 13.8. The Kier molecular flexibility index (Phi) is 5.99. The first-order valence-electron chi connectivity index (χ1n) is 9.84. The van der Waals surface area contributed by atoms with E-state index in [0.29, 0.717) is 12.0 Å². The highest BCUT2D eigenvalue weighted by molar-refractivity contribution is 5.28. The minimum Gasteiger partial charge on any atom is -0.497 e. The molecule has 1 aliphatic heterocycles. The molecule has 1 N–H and O–H groups in total. The highest BCUT2D eigenvalue weighted by Crippen LogP contribution is 2.18. The third-order valence-electron chi connectivity index (χ3n) is 5.22. The van der Waals surface area contributed by atoms with E-state index >= 15 is 0 Å². The number of piperidine rings is 1. The summed E-state index contributed by atoms with van der Waals surface area (Å²) in [4.78, 5) is 11.2. The summed E-state index contributed by atoms with van der Waals surface area (Å²) >= 11 is 0. The lowest BCUT2D eigenvalue weighted by Gasteiger charge is -2.33. The van der Waals surface area contributed by atoms with Crippen LogP contribution in [0.4, 0.5) is 0 Å². The molecule has 1 aromatic carbocycles. The number of aromatic nitrogens is 3. The molecule has 3 heterocycles. The maximum Gasteiger partial charge on any atom is 0.233 e. The van der Waals surface area contributed by atoms with Crippen LogP contribution < -0.4 is 10.1 Å². The van der Waals surface area contributed by atoms with Crippen molar-refractivity contribution in [2.45, 2.75) is 32.0 Å². The molecule has 1 fully saturated rings. The van der Waals surface area contributed by atoms with Crippen molar-refractivity contribution in [3.05, 3.63) is 72.3 Å². The van der Waals surface area contributed by atoms with Crippen LogP contribution in [0.5, 0.6) is 5.75 Å². The number of likely N-dealkylation sites (tertiary alicyclic amines) is 1. The van der Waals surface area contributed by atoms with Crippen LogP contribution >= 0.6 is 0 Å². The highest BCUT2D eigenvalue weighted by Gasteiger charge is 2.20. The number of methoxy groups -OCH3 is 1. The molecule has 1 aliphatic rings. The first-order valence-corrected chi connectivity index (χ1v) is 9.84. The minimum absolute atomic E-state index is 0.486. The van der Waals surface area contributed by atoms with Gasteiger partial charge in [0.25, 0.3) is 0 Å². The summed E-state index contributed by atoms with van der Waals surface area (Å²) < 4.78 is 7.39. The number of rotatable bonds is 7. The summed E-state index contributed by atoms with van der Waals surface area (Å²) in [5, 5.41) is 3.73. The number of hydrogen-bond acceptors (Lipinski definition) is 5. The van der Waals surface area contributed by atoms with E-state index in [0.717, 1.165) is 31.9 Å². The summed E-state index contributed by atoms with van der Waals surface area (Å²) in [6.07, 6.45) is 7.98. The van der Waals surface area contributed by atoms with Crippen molar-refractivity contribution in [3.8, 4) is 11.7 Å². The number of benzene rings is 1. The van der Waals surface area contributed by atoms with Crippen molar-refractivity contribution in [2.24, 2.45) is 0 Å². The van der Waals surface area contributed by atoms with Crippen LogP contribution in [0.2, 0.25) is 0 Å². The van der Waals surface area contributed by atoms with E-state index in [9.17, 15) is 0 Å². The van der Waals surface area contributed by atoms with Gasteiger partial charge >= 0.3 is 0 Å². The fraction of sp³-hybridized carbons (Fsp3) is 0.364. The van der Waals surface area contributed by atoms with Gasteiger partial charge < -0.3 is 10.1 Å². The van der Waals surface area contributed by atoms with Gasteiger partial charge in [0.1, 0.15) is 5.75 Å². The van der Waals surface area contributed by atoms with Crippen molar-refractivity contribution < 1.29 is 4.74 Å². The van der Waals surface area contributed by atoms with Gasteiger partial charge in [-0.2, -0.15) is 0 Å². The van der Waals surface area contributed by atoms with E-state index in [4.69, 9.17) is 4.74 Å². The van der Waals surface area contributed by atoms with Crippen molar-refractivity contribution >= 4 is 0 Å². The monoisotopic (exact) mass is 377 g/mol. The molecule has 4 rings (SSSR count). The maximum atomic E-state index is 5.35. The van der Waals surface area contributed by atoms with Crippen LogP contribution in [0, 0.1) is 0 Å². The molecule has 1 atom stereocenters. The van der Waals surface area contributed by atoms with Gasteiger partial charge in [0.05, 0.1) is 7.11 Å². The fourth-order valence-electron chi connectivity index (χ4n) is 3.81. The van der Waals surface area contributed by atoms with E-state index in [2.05, 4.69) is 44.5 Å². The first kappa shape index (κ1) is 18.7. The van der Waals surface area contributed by atoms with Crippen molar-refractivity contribution in [3.63, 3.8) is 0 Å². The lowest BCUT2D eigenvalue weighted by Crippen LogP contribution is -2.45. The van der Waals surface area contributed by atoms with E-state index in [1.165, 1.54) is 24.1 Å². The molecule has 0 bridgehead atoms. The molecule has 6 nitrogen and oxygen atoms in total. The van der Waals surface area contributed by atoms with Gasteiger partial charge in [0.2, 0.25) is 5.95 Å². The summed E-state index contributed by atoms with van der Waals surface area (Å²) in [5.74, 6) is 1.64. The van der Waals surface area contributed by atoms with Gasteiger partial charge in [-0.15, -0.1) is 0 Å². The average Bonchev–Trinajstić information content (AvgIpc) is 3.22. The molecule has 2 aromatic heterocycles.